The Bertz CT molecular complexity index is 697. The summed E-state index contributed by atoms with van der Waals surface area (Å²) in [4.78, 5) is 23.0. The molecule has 2 heterocycles. The summed E-state index contributed by atoms with van der Waals surface area (Å²) in [5.41, 5.74) is 2.14. The minimum atomic E-state index is -0.905. The third-order valence-corrected chi connectivity index (χ3v) is 4.15. The molecular weight excluding hydrogens is 308 g/mol. The van der Waals surface area contributed by atoms with Crippen LogP contribution in [0.4, 0.5) is 0 Å². The number of rotatable bonds is 6. The lowest BCUT2D eigenvalue weighted by molar-refractivity contribution is -0.139. The molecular formula is C17H20N4O3. The summed E-state index contributed by atoms with van der Waals surface area (Å²) < 4.78 is 1.85. The van der Waals surface area contributed by atoms with Crippen LogP contribution >= 0.6 is 0 Å². The number of aliphatic carboxylic acids is 1. The van der Waals surface area contributed by atoms with Gasteiger partial charge < -0.3 is 10.4 Å². The number of benzene rings is 1. The van der Waals surface area contributed by atoms with Crippen molar-refractivity contribution >= 4 is 11.9 Å². The fourth-order valence-corrected chi connectivity index (χ4v) is 2.80. The highest BCUT2D eigenvalue weighted by molar-refractivity contribution is 5.84. The van der Waals surface area contributed by atoms with Gasteiger partial charge >= 0.3 is 5.97 Å². The van der Waals surface area contributed by atoms with Crippen LogP contribution in [0.2, 0.25) is 0 Å². The summed E-state index contributed by atoms with van der Waals surface area (Å²) >= 11 is 0. The number of aromatic nitrogens is 2. The highest BCUT2D eigenvalue weighted by Crippen LogP contribution is 2.13. The lowest BCUT2D eigenvalue weighted by Gasteiger charge is -2.12. The first-order valence-electron chi connectivity index (χ1n) is 7.93. The van der Waals surface area contributed by atoms with E-state index in [2.05, 4.69) is 15.7 Å². The van der Waals surface area contributed by atoms with Gasteiger partial charge in [0.05, 0.1) is 12.6 Å². The maximum Gasteiger partial charge on any atom is 0.320 e. The minimum Gasteiger partial charge on any atom is -0.480 e. The van der Waals surface area contributed by atoms with E-state index in [1.165, 1.54) is 0 Å². The van der Waals surface area contributed by atoms with Crippen LogP contribution in [0.15, 0.2) is 42.7 Å². The van der Waals surface area contributed by atoms with Crippen molar-refractivity contribution in [1.29, 1.82) is 0 Å². The number of carbonyl (C=O) groups is 2. The summed E-state index contributed by atoms with van der Waals surface area (Å²) in [7, 11) is 0. The number of carboxylic acids is 1. The van der Waals surface area contributed by atoms with Crippen molar-refractivity contribution in [3.63, 3.8) is 0 Å². The van der Waals surface area contributed by atoms with Crippen LogP contribution in [-0.4, -0.2) is 38.8 Å². The van der Waals surface area contributed by atoms with Gasteiger partial charge in [0.15, 0.2) is 0 Å². The summed E-state index contributed by atoms with van der Waals surface area (Å²) in [5.74, 6) is -1.06. The molecule has 2 atom stereocenters. The maximum absolute atomic E-state index is 12.1. The number of carboxylic acid groups (broad SMARTS) is 1. The maximum atomic E-state index is 12.1. The van der Waals surface area contributed by atoms with Gasteiger partial charge in [-0.25, -0.2) is 0 Å². The molecule has 1 amide bonds. The van der Waals surface area contributed by atoms with Gasteiger partial charge in [-0.1, -0.05) is 24.3 Å². The van der Waals surface area contributed by atoms with Crippen molar-refractivity contribution in [3.05, 3.63) is 53.9 Å². The van der Waals surface area contributed by atoms with Crippen LogP contribution in [-0.2, 0) is 22.7 Å². The molecule has 0 saturated carbocycles. The van der Waals surface area contributed by atoms with Gasteiger partial charge in [-0.05, 0) is 30.0 Å². The van der Waals surface area contributed by atoms with Crippen LogP contribution in [0.3, 0.4) is 0 Å². The third-order valence-electron chi connectivity index (χ3n) is 4.15. The Kier molecular flexibility index (Phi) is 4.90. The number of carbonyl (C=O) groups excluding carboxylic acids is 1. The molecule has 1 aromatic carbocycles. The molecule has 0 spiro atoms. The summed E-state index contributed by atoms with van der Waals surface area (Å²) in [5, 5.41) is 18.8. The largest absolute Gasteiger partial charge is 0.480 e. The van der Waals surface area contributed by atoms with Gasteiger partial charge in [0.2, 0.25) is 5.91 Å². The Balaban J connectivity index is 1.48. The van der Waals surface area contributed by atoms with Crippen molar-refractivity contribution in [1.82, 2.24) is 20.4 Å². The normalized spacial score (nSPS) is 20.0. The van der Waals surface area contributed by atoms with Gasteiger partial charge in [0, 0.05) is 18.9 Å². The molecule has 2 aromatic rings. The van der Waals surface area contributed by atoms with E-state index in [4.69, 9.17) is 5.11 Å². The molecule has 7 nitrogen and oxygen atoms in total. The molecule has 7 heteroatoms. The zero-order valence-corrected chi connectivity index (χ0v) is 13.2. The predicted molar refractivity (Wildman–Crippen MR) is 87.2 cm³/mol. The second kappa shape index (κ2) is 7.27. The molecule has 3 N–H and O–H groups in total. The average Bonchev–Trinajstić information content (AvgIpc) is 3.25. The first kappa shape index (κ1) is 16.2. The van der Waals surface area contributed by atoms with Crippen molar-refractivity contribution in [2.45, 2.75) is 38.0 Å². The van der Waals surface area contributed by atoms with Gasteiger partial charge in [0.25, 0.3) is 0 Å². The Morgan fingerprint density at radius 1 is 1.21 bits per heavy atom. The molecule has 126 valence electrons. The fourth-order valence-electron chi connectivity index (χ4n) is 2.80. The van der Waals surface area contributed by atoms with Crippen molar-refractivity contribution in [3.8, 4) is 0 Å². The number of hydrogen-bond donors (Lipinski definition) is 3. The lowest BCUT2D eigenvalue weighted by Crippen LogP contribution is -2.44. The van der Waals surface area contributed by atoms with Crippen molar-refractivity contribution < 1.29 is 14.7 Å². The molecule has 1 aliphatic rings. The lowest BCUT2D eigenvalue weighted by atomic mass is 10.1. The number of hydrogen-bond acceptors (Lipinski definition) is 4. The molecule has 1 fully saturated rings. The molecule has 3 rings (SSSR count). The monoisotopic (exact) mass is 328 g/mol. The topological polar surface area (TPSA) is 96.2 Å². The van der Waals surface area contributed by atoms with E-state index in [9.17, 15) is 9.59 Å². The minimum absolute atomic E-state index is 0.153. The number of nitrogens with zero attached hydrogens (tertiary/aromatic N) is 2. The van der Waals surface area contributed by atoms with Crippen LogP contribution in [0.5, 0.6) is 0 Å². The van der Waals surface area contributed by atoms with Crippen LogP contribution in [0.25, 0.3) is 0 Å². The molecule has 0 unspecified atom stereocenters. The highest BCUT2D eigenvalue weighted by atomic mass is 16.4. The molecule has 0 aliphatic carbocycles. The van der Waals surface area contributed by atoms with Gasteiger partial charge in [-0.2, -0.15) is 5.10 Å². The van der Waals surface area contributed by atoms with Crippen LogP contribution in [0, 0.1) is 0 Å². The van der Waals surface area contributed by atoms with Crippen LogP contribution < -0.4 is 10.6 Å². The van der Waals surface area contributed by atoms with E-state index in [1.54, 1.807) is 6.20 Å². The number of nitrogens with one attached hydrogen (secondary N) is 2. The Labute approximate surface area is 139 Å². The van der Waals surface area contributed by atoms with E-state index >= 15 is 0 Å². The van der Waals surface area contributed by atoms with Gasteiger partial charge in [0.1, 0.15) is 6.04 Å². The third kappa shape index (κ3) is 3.99. The molecule has 1 aromatic heterocycles. The Hall–Kier alpha value is -2.67. The van der Waals surface area contributed by atoms with E-state index < -0.39 is 18.1 Å². The standard InChI is InChI=1S/C17H20N4O3/c22-16(14-6-7-15(20-14)17(23)24)18-10-12-2-4-13(5-3-12)11-21-9-1-8-19-21/h1-5,8-9,14-15,20H,6-7,10-11H2,(H,18,22)(H,23,24)/t14-,15+/m1/s1. The van der Waals surface area contributed by atoms with E-state index in [0.29, 0.717) is 25.9 Å². The van der Waals surface area contributed by atoms with Gasteiger partial charge in [-0.15, -0.1) is 0 Å². The number of amides is 1. The highest BCUT2D eigenvalue weighted by Gasteiger charge is 2.32. The summed E-state index contributed by atoms with van der Waals surface area (Å²) in [6.45, 7) is 1.14. The first-order chi connectivity index (χ1) is 11.6. The SMILES string of the molecule is O=C(O)[C@@H]1CC[C@H](C(=O)NCc2ccc(Cn3cccn3)cc2)N1. The van der Waals surface area contributed by atoms with E-state index in [0.717, 1.165) is 11.1 Å². The second-order valence-corrected chi connectivity index (χ2v) is 5.93. The molecule has 1 saturated heterocycles. The Morgan fingerprint density at radius 2 is 1.92 bits per heavy atom. The molecule has 0 bridgehead atoms. The molecule has 24 heavy (non-hydrogen) atoms. The summed E-state index contributed by atoms with van der Waals surface area (Å²) in [6, 6.07) is 8.81. The molecule has 1 aliphatic heterocycles. The van der Waals surface area contributed by atoms with Gasteiger partial charge in [-0.3, -0.25) is 19.6 Å². The average molecular weight is 328 g/mol. The van der Waals surface area contributed by atoms with Crippen molar-refractivity contribution in [2.75, 3.05) is 0 Å². The molecule has 0 radical (unpaired) electrons. The predicted octanol–water partition coefficient (Wildman–Crippen LogP) is 0.753. The smallest absolute Gasteiger partial charge is 0.320 e. The first-order valence-corrected chi connectivity index (χ1v) is 7.93. The Morgan fingerprint density at radius 3 is 2.54 bits per heavy atom. The van der Waals surface area contributed by atoms with Crippen molar-refractivity contribution in [2.24, 2.45) is 0 Å². The fraction of sp³-hybridized carbons (Fsp3) is 0.353. The zero-order chi connectivity index (χ0) is 16.9. The van der Waals surface area contributed by atoms with Crippen LogP contribution in [0.1, 0.15) is 24.0 Å². The quantitative estimate of drug-likeness (QED) is 0.727. The zero-order valence-electron chi connectivity index (χ0n) is 13.2. The van der Waals surface area contributed by atoms with E-state index in [-0.39, 0.29) is 5.91 Å². The van der Waals surface area contributed by atoms with E-state index in [1.807, 2.05) is 41.2 Å². The second-order valence-electron chi connectivity index (χ2n) is 5.93. The summed E-state index contributed by atoms with van der Waals surface area (Å²) in [6.07, 6.45) is 4.68.